The lowest BCUT2D eigenvalue weighted by atomic mass is 10.1. The van der Waals surface area contributed by atoms with E-state index in [9.17, 15) is 14.4 Å². The number of aryl methyl sites for hydroxylation is 2. The van der Waals surface area contributed by atoms with Gasteiger partial charge < -0.3 is 5.32 Å². The summed E-state index contributed by atoms with van der Waals surface area (Å²) in [7, 11) is 0. The molecule has 1 saturated heterocycles. The lowest BCUT2D eigenvalue weighted by Gasteiger charge is -2.33. The number of hydrogen-bond donors (Lipinski definition) is 1. The monoisotopic (exact) mass is 442 g/mol. The lowest BCUT2D eigenvalue weighted by Crippen LogP contribution is -2.61. The van der Waals surface area contributed by atoms with Crippen LogP contribution in [0.1, 0.15) is 25.0 Å². The smallest absolute Gasteiger partial charge is 0.324 e. The normalized spacial score (nSPS) is 18.1. The molecule has 1 aromatic carbocycles. The molecule has 0 radical (unpaired) electrons. The average molecular weight is 443 g/mol. The van der Waals surface area contributed by atoms with Crippen molar-refractivity contribution in [3.8, 4) is 0 Å². The predicted molar refractivity (Wildman–Crippen MR) is 124 cm³/mol. The number of fused-ring (bicyclic) bond motifs is 1. The van der Waals surface area contributed by atoms with Gasteiger partial charge in [0.05, 0.1) is 13.1 Å². The van der Waals surface area contributed by atoms with Crippen LogP contribution in [-0.2, 0) is 9.59 Å². The van der Waals surface area contributed by atoms with Gasteiger partial charge in [-0.3, -0.25) is 19.1 Å². The molecule has 8 nitrogen and oxygen atoms in total. The molecular formula is C22H28N5O3S+. The summed E-state index contributed by atoms with van der Waals surface area (Å²) in [6.07, 6.45) is 1.50. The molecule has 9 heteroatoms. The molecule has 0 saturated carbocycles. The third kappa shape index (κ3) is 4.41. The zero-order valence-corrected chi connectivity index (χ0v) is 19.2. The van der Waals surface area contributed by atoms with E-state index in [1.807, 2.05) is 50.5 Å². The van der Waals surface area contributed by atoms with Gasteiger partial charge >= 0.3 is 11.2 Å². The number of anilines is 1. The number of nitrogens with one attached hydrogen (secondary N) is 1. The fourth-order valence-corrected chi connectivity index (χ4v) is 4.88. The number of thioether (sulfide) groups is 1. The van der Waals surface area contributed by atoms with E-state index in [1.54, 1.807) is 0 Å². The van der Waals surface area contributed by atoms with Gasteiger partial charge in [0, 0.05) is 12.2 Å². The van der Waals surface area contributed by atoms with Crippen molar-refractivity contribution in [1.82, 2.24) is 9.80 Å². The number of aliphatic imine (C=N–C) groups is 1. The maximum absolute atomic E-state index is 13.1. The largest absolute Gasteiger partial charge is 0.357 e. The van der Waals surface area contributed by atoms with Crippen LogP contribution in [0.25, 0.3) is 0 Å². The summed E-state index contributed by atoms with van der Waals surface area (Å²) in [6.45, 7) is 12.8. The van der Waals surface area contributed by atoms with Gasteiger partial charge in [0.15, 0.2) is 5.25 Å². The van der Waals surface area contributed by atoms with E-state index in [2.05, 4.69) is 16.9 Å². The Labute approximate surface area is 186 Å². The van der Waals surface area contributed by atoms with E-state index >= 15 is 0 Å². The highest BCUT2D eigenvalue weighted by Gasteiger charge is 2.53. The van der Waals surface area contributed by atoms with E-state index in [4.69, 9.17) is 0 Å². The van der Waals surface area contributed by atoms with Crippen molar-refractivity contribution in [1.29, 1.82) is 0 Å². The van der Waals surface area contributed by atoms with Gasteiger partial charge in [0.2, 0.25) is 5.91 Å². The molecule has 2 aliphatic rings. The molecule has 0 aromatic heterocycles. The maximum Gasteiger partial charge on any atom is 0.357 e. The van der Waals surface area contributed by atoms with Crippen LogP contribution < -0.4 is 5.32 Å². The number of rotatable bonds is 7. The van der Waals surface area contributed by atoms with Crippen LogP contribution in [0.2, 0.25) is 0 Å². The van der Waals surface area contributed by atoms with Crippen LogP contribution in [0.5, 0.6) is 0 Å². The summed E-state index contributed by atoms with van der Waals surface area (Å²) in [5, 5.41) is 2.94. The van der Waals surface area contributed by atoms with Crippen molar-refractivity contribution < 1.29 is 19.0 Å². The van der Waals surface area contributed by atoms with Crippen LogP contribution in [0.4, 0.5) is 10.5 Å². The fraction of sp³-hybridized carbons (Fsp3) is 0.409. The molecule has 2 aliphatic heterocycles. The molecule has 1 atom stereocenters. The zero-order valence-electron chi connectivity index (χ0n) is 18.3. The molecule has 0 bridgehead atoms. The first-order chi connectivity index (χ1) is 14.8. The molecule has 1 aromatic rings. The Balaban J connectivity index is 1.93. The number of para-hydroxylation sites is 1. The highest BCUT2D eigenvalue weighted by atomic mass is 32.2. The number of carbonyl (C=O) groups is 3. The van der Waals surface area contributed by atoms with E-state index in [0.717, 1.165) is 34.8 Å². The first kappa shape index (κ1) is 22.7. The van der Waals surface area contributed by atoms with E-state index < -0.39 is 11.3 Å². The fourth-order valence-electron chi connectivity index (χ4n) is 3.60. The summed E-state index contributed by atoms with van der Waals surface area (Å²) in [5.41, 5.74) is 2.60. The average Bonchev–Trinajstić information content (AvgIpc) is 3.17. The number of nitrogens with zero attached hydrogens (tertiary/aromatic N) is 4. The number of urea groups is 1. The summed E-state index contributed by atoms with van der Waals surface area (Å²) < 4.78 is 2.03. The van der Waals surface area contributed by atoms with Gasteiger partial charge in [-0.05, 0) is 55.6 Å². The molecule has 1 N–H and O–H groups in total. The Bertz CT molecular complexity index is 975. The number of carbonyl (C=O) groups excluding carboxylic acids is 3. The molecule has 164 valence electrons. The molecule has 1 unspecified atom stereocenters. The Morgan fingerprint density at radius 2 is 1.87 bits per heavy atom. The summed E-state index contributed by atoms with van der Waals surface area (Å²) in [5.74, 6) is -0.359. The molecule has 3 rings (SSSR count). The van der Waals surface area contributed by atoms with Gasteiger partial charge in [-0.15, -0.1) is 6.58 Å². The van der Waals surface area contributed by atoms with E-state index in [-0.39, 0.29) is 24.9 Å². The van der Waals surface area contributed by atoms with Gasteiger partial charge in [0.1, 0.15) is 6.54 Å². The minimum Gasteiger partial charge on any atom is -0.324 e. The number of benzene rings is 1. The zero-order chi connectivity index (χ0) is 22.7. The number of amides is 4. The first-order valence-electron chi connectivity index (χ1n) is 10.3. The summed E-state index contributed by atoms with van der Waals surface area (Å²) in [4.78, 5) is 46.0. The van der Waals surface area contributed by atoms with E-state index in [1.165, 1.54) is 22.7 Å². The maximum atomic E-state index is 13.1. The van der Waals surface area contributed by atoms with Gasteiger partial charge in [-0.2, -0.15) is 0 Å². The SMILES string of the molecule is C=CCN1C(=O)C2SC(=[N+](CC)CC)N=C2N(CC(=O)Nc2c(C)cccc2C)C1=O. The highest BCUT2D eigenvalue weighted by Crippen LogP contribution is 2.31. The summed E-state index contributed by atoms with van der Waals surface area (Å²) in [6, 6.07) is 5.20. The van der Waals surface area contributed by atoms with Crippen molar-refractivity contribution in [3.05, 3.63) is 42.0 Å². The molecule has 1 fully saturated rings. The molecule has 0 aliphatic carbocycles. The first-order valence-corrected chi connectivity index (χ1v) is 11.2. The Hall–Kier alpha value is -2.94. The van der Waals surface area contributed by atoms with Gasteiger partial charge in [-0.25, -0.2) is 9.69 Å². The highest BCUT2D eigenvalue weighted by molar-refractivity contribution is 8.15. The number of hydrogen-bond acceptors (Lipinski definition) is 4. The second-order valence-corrected chi connectivity index (χ2v) is 8.42. The van der Waals surface area contributed by atoms with Crippen molar-refractivity contribution >= 4 is 46.3 Å². The van der Waals surface area contributed by atoms with E-state index in [0.29, 0.717) is 11.0 Å². The lowest BCUT2D eigenvalue weighted by molar-refractivity contribution is -0.518. The van der Waals surface area contributed by atoms with Crippen molar-refractivity contribution in [2.75, 3.05) is 31.5 Å². The Kier molecular flexibility index (Phi) is 6.94. The van der Waals surface area contributed by atoms with Gasteiger partial charge in [-0.1, -0.05) is 24.3 Å². The number of imide groups is 1. The second kappa shape index (κ2) is 9.47. The van der Waals surface area contributed by atoms with Crippen LogP contribution in [-0.4, -0.2) is 74.7 Å². The molecule has 2 heterocycles. The van der Waals surface area contributed by atoms with Crippen LogP contribution in [0.3, 0.4) is 0 Å². The van der Waals surface area contributed by atoms with Gasteiger partial charge in [0.25, 0.3) is 11.7 Å². The van der Waals surface area contributed by atoms with Crippen LogP contribution >= 0.6 is 11.8 Å². The minimum absolute atomic E-state index is 0.0810. The third-order valence-electron chi connectivity index (χ3n) is 5.29. The molecule has 0 spiro atoms. The third-order valence-corrected chi connectivity index (χ3v) is 6.50. The second-order valence-electron chi connectivity index (χ2n) is 7.34. The quantitative estimate of drug-likeness (QED) is 0.520. The molecule has 4 amide bonds. The topological polar surface area (TPSA) is 85.1 Å². The molecule has 31 heavy (non-hydrogen) atoms. The van der Waals surface area contributed by atoms with Crippen LogP contribution in [0.15, 0.2) is 35.8 Å². The predicted octanol–water partition coefficient (Wildman–Crippen LogP) is 2.61. The van der Waals surface area contributed by atoms with Crippen molar-refractivity contribution in [2.24, 2.45) is 4.99 Å². The molecular weight excluding hydrogens is 414 g/mol. The summed E-state index contributed by atoms with van der Waals surface area (Å²) >= 11 is 1.32. The number of amidine groups is 2. The Morgan fingerprint density at radius 3 is 2.45 bits per heavy atom. The minimum atomic E-state index is -0.652. The van der Waals surface area contributed by atoms with Crippen LogP contribution in [0, 0.1) is 13.8 Å². The van der Waals surface area contributed by atoms with Crippen molar-refractivity contribution in [2.45, 2.75) is 32.9 Å². The Morgan fingerprint density at radius 1 is 1.23 bits per heavy atom. The standard InChI is InChI=1S/C22H27N5O3S/c1-6-12-26-20(29)18-19(24-21(31-18)25(7-2)8-3)27(22(26)30)13-16(28)23-17-14(4)10-9-11-15(17)5/h6,9-11,18H,1,7-8,12-13H2,2-5H3/p+1. The van der Waals surface area contributed by atoms with Crippen molar-refractivity contribution in [3.63, 3.8) is 0 Å².